The molecule has 8 heteroatoms. The Bertz CT molecular complexity index is 861. The summed E-state index contributed by atoms with van der Waals surface area (Å²) in [6.07, 6.45) is 0. The van der Waals surface area contributed by atoms with E-state index in [1.165, 1.54) is 29.5 Å². The monoisotopic (exact) mass is 377 g/mol. The van der Waals surface area contributed by atoms with Gasteiger partial charge >= 0.3 is 0 Å². The fraction of sp³-hybridized carbons (Fsp3) is 0. The highest BCUT2D eigenvalue weighted by Gasteiger charge is 2.17. The van der Waals surface area contributed by atoms with Crippen LogP contribution in [0.1, 0.15) is 10.4 Å². The number of nitro groups is 1. The summed E-state index contributed by atoms with van der Waals surface area (Å²) in [5.74, 6) is -0.436. The van der Waals surface area contributed by atoms with Gasteiger partial charge in [0.25, 0.3) is 11.6 Å². The standard InChI is InChI=1S/C14H8BrN3O3S/c15-9-6-5-8(7-11(9)18(20)21)13(19)17-14-16-10-3-1-2-4-12(10)22-14/h1-7H,(H,16,17,19). The van der Waals surface area contributed by atoms with Gasteiger partial charge in [-0.25, -0.2) is 4.98 Å². The quantitative estimate of drug-likeness (QED) is 0.546. The molecule has 0 saturated carbocycles. The van der Waals surface area contributed by atoms with Crippen LogP contribution in [0.4, 0.5) is 10.8 Å². The van der Waals surface area contributed by atoms with E-state index in [1.54, 1.807) is 0 Å². The summed E-state index contributed by atoms with van der Waals surface area (Å²) in [5, 5.41) is 14.0. The Hall–Kier alpha value is -2.32. The highest BCUT2D eigenvalue weighted by atomic mass is 79.9. The van der Waals surface area contributed by atoms with Crippen molar-refractivity contribution >= 4 is 54.2 Å². The fourth-order valence-electron chi connectivity index (χ4n) is 1.89. The minimum Gasteiger partial charge on any atom is -0.298 e. The van der Waals surface area contributed by atoms with Crippen LogP contribution >= 0.6 is 27.3 Å². The minimum atomic E-state index is -0.543. The number of rotatable bonds is 3. The SMILES string of the molecule is O=C(Nc1nc2ccccc2s1)c1ccc(Br)c([N+](=O)[O-])c1. The van der Waals surface area contributed by atoms with Crippen LogP contribution in [0, 0.1) is 10.1 Å². The first-order valence-electron chi connectivity index (χ1n) is 6.15. The zero-order valence-corrected chi connectivity index (χ0v) is 13.3. The van der Waals surface area contributed by atoms with Gasteiger partial charge in [-0.05, 0) is 40.2 Å². The van der Waals surface area contributed by atoms with E-state index in [1.807, 2.05) is 24.3 Å². The summed E-state index contributed by atoms with van der Waals surface area (Å²) in [5.41, 5.74) is 0.843. The Morgan fingerprint density at radius 3 is 2.77 bits per heavy atom. The van der Waals surface area contributed by atoms with Gasteiger partial charge in [0.05, 0.1) is 19.6 Å². The molecule has 0 spiro atoms. The number of thiazole rings is 1. The average molecular weight is 378 g/mol. The van der Waals surface area contributed by atoms with Crippen molar-refractivity contribution < 1.29 is 9.72 Å². The van der Waals surface area contributed by atoms with E-state index in [4.69, 9.17) is 0 Å². The van der Waals surface area contributed by atoms with Gasteiger partial charge in [0.2, 0.25) is 0 Å². The van der Waals surface area contributed by atoms with E-state index in [0.717, 1.165) is 10.2 Å². The van der Waals surface area contributed by atoms with Gasteiger partial charge in [-0.15, -0.1) is 0 Å². The number of fused-ring (bicyclic) bond motifs is 1. The lowest BCUT2D eigenvalue weighted by Crippen LogP contribution is -2.11. The summed E-state index contributed by atoms with van der Waals surface area (Å²) in [7, 11) is 0. The molecule has 0 atom stereocenters. The molecule has 0 radical (unpaired) electrons. The summed E-state index contributed by atoms with van der Waals surface area (Å²) in [6.45, 7) is 0. The van der Waals surface area contributed by atoms with Crippen molar-refractivity contribution in [3.8, 4) is 0 Å². The predicted octanol–water partition coefficient (Wildman–Crippen LogP) is 4.22. The van der Waals surface area contributed by atoms with E-state index >= 15 is 0 Å². The molecule has 0 unspecified atom stereocenters. The van der Waals surface area contributed by atoms with E-state index in [9.17, 15) is 14.9 Å². The fourth-order valence-corrected chi connectivity index (χ4v) is 3.14. The molecule has 0 aliphatic rings. The number of carbonyl (C=O) groups is 1. The number of hydrogen-bond acceptors (Lipinski definition) is 5. The first kappa shape index (κ1) is 14.6. The topological polar surface area (TPSA) is 85.1 Å². The number of nitrogens with one attached hydrogen (secondary N) is 1. The molecule has 1 heterocycles. The van der Waals surface area contributed by atoms with Gasteiger partial charge in [0.15, 0.2) is 5.13 Å². The highest BCUT2D eigenvalue weighted by Crippen LogP contribution is 2.28. The lowest BCUT2D eigenvalue weighted by Gasteiger charge is -2.02. The molecule has 3 rings (SSSR count). The first-order chi connectivity index (χ1) is 10.5. The summed E-state index contributed by atoms with van der Waals surface area (Å²) >= 11 is 4.43. The van der Waals surface area contributed by atoms with E-state index in [2.05, 4.69) is 26.2 Å². The number of anilines is 1. The third kappa shape index (κ3) is 2.83. The first-order valence-corrected chi connectivity index (χ1v) is 7.76. The normalized spacial score (nSPS) is 10.6. The van der Waals surface area contributed by atoms with E-state index in [-0.39, 0.29) is 11.3 Å². The second-order valence-electron chi connectivity index (χ2n) is 4.36. The van der Waals surface area contributed by atoms with Crippen molar-refractivity contribution in [2.24, 2.45) is 0 Å². The Labute approximate surface area is 137 Å². The van der Waals surface area contributed by atoms with Crippen LogP contribution in [0.5, 0.6) is 0 Å². The smallest absolute Gasteiger partial charge is 0.284 e. The molecule has 0 saturated heterocycles. The summed E-state index contributed by atoms with van der Waals surface area (Å²) in [6, 6.07) is 11.7. The van der Waals surface area contributed by atoms with Crippen molar-refractivity contribution in [3.05, 3.63) is 62.6 Å². The maximum Gasteiger partial charge on any atom is 0.284 e. The van der Waals surface area contributed by atoms with Crippen LogP contribution in [0.25, 0.3) is 10.2 Å². The van der Waals surface area contributed by atoms with Gasteiger partial charge in [0, 0.05) is 11.6 Å². The van der Waals surface area contributed by atoms with E-state index in [0.29, 0.717) is 9.60 Å². The number of para-hydroxylation sites is 1. The van der Waals surface area contributed by atoms with Crippen molar-refractivity contribution in [1.82, 2.24) is 4.98 Å². The van der Waals surface area contributed by atoms with Crippen LogP contribution in [0.3, 0.4) is 0 Å². The number of amides is 1. The molecular formula is C14H8BrN3O3S. The lowest BCUT2D eigenvalue weighted by atomic mass is 10.2. The van der Waals surface area contributed by atoms with Crippen molar-refractivity contribution in [1.29, 1.82) is 0 Å². The second-order valence-corrected chi connectivity index (χ2v) is 6.25. The zero-order valence-electron chi connectivity index (χ0n) is 10.9. The van der Waals surface area contributed by atoms with Crippen LogP contribution in [0.15, 0.2) is 46.9 Å². The highest BCUT2D eigenvalue weighted by molar-refractivity contribution is 9.10. The van der Waals surface area contributed by atoms with Crippen LogP contribution in [-0.2, 0) is 0 Å². The molecule has 1 N–H and O–H groups in total. The molecular weight excluding hydrogens is 370 g/mol. The molecule has 1 amide bonds. The largest absolute Gasteiger partial charge is 0.298 e. The number of nitro benzene ring substituents is 1. The van der Waals surface area contributed by atoms with Gasteiger partial charge in [-0.1, -0.05) is 23.5 Å². The van der Waals surface area contributed by atoms with Gasteiger partial charge in [-0.2, -0.15) is 0 Å². The molecule has 0 aliphatic carbocycles. The number of halogens is 1. The molecule has 0 bridgehead atoms. The van der Waals surface area contributed by atoms with Gasteiger partial charge < -0.3 is 0 Å². The maximum atomic E-state index is 12.2. The van der Waals surface area contributed by atoms with Crippen molar-refractivity contribution in [2.75, 3.05) is 5.32 Å². The molecule has 110 valence electrons. The zero-order chi connectivity index (χ0) is 15.7. The third-order valence-corrected chi connectivity index (χ3v) is 4.54. The number of carbonyl (C=O) groups excluding carboxylic acids is 1. The number of nitrogens with zero attached hydrogens (tertiary/aromatic N) is 2. The Balaban J connectivity index is 1.88. The molecule has 2 aromatic carbocycles. The molecule has 22 heavy (non-hydrogen) atoms. The molecule has 0 fully saturated rings. The van der Waals surface area contributed by atoms with Crippen molar-refractivity contribution in [3.63, 3.8) is 0 Å². The average Bonchev–Trinajstić information content (AvgIpc) is 2.89. The second kappa shape index (κ2) is 5.82. The molecule has 6 nitrogen and oxygen atoms in total. The lowest BCUT2D eigenvalue weighted by molar-refractivity contribution is -0.385. The Kier molecular flexibility index (Phi) is 3.86. The maximum absolute atomic E-state index is 12.2. The van der Waals surface area contributed by atoms with Crippen LogP contribution in [-0.4, -0.2) is 15.8 Å². The third-order valence-electron chi connectivity index (χ3n) is 2.92. The predicted molar refractivity (Wildman–Crippen MR) is 88.4 cm³/mol. The van der Waals surface area contributed by atoms with E-state index < -0.39 is 10.8 Å². The number of hydrogen-bond donors (Lipinski definition) is 1. The molecule has 1 aromatic heterocycles. The number of aromatic nitrogens is 1. The van der Waals surface area contributed by atoms with Gasteiger partial charge in [0.1, 0.15) is 0 Å². The van der Waals surface area contributed by atoms with Crippen LogP contribution in [0.2, 0.25) is 0 Å². The molecule has 3 aromatic rings. The summed E-state index contributed by atoms with van der Waals surface area (Å²) in [4.78, 5) is 26.9. The molecule has 0 aliphatic heterocycles. The minimum absolute atomic E-state index is 0.156. The Morgan fingerprint density at radius 2 is 2.05 bits per heavy atom. The summed E-state index contributed by atoms with van der Waals surface area (Å²) < 4.78 is 1.29. The Morgan fingerprint density at radius 1 is 1.27 bits per heavy atom. The van der Waals surface area contributed by atoms with Crippen LogP contribution < -0.4 is 5.32 Å². The number of benzene rings is 2. The van der Waals surface area contributed by atoms with Gasteiger partial charge in [-0.3, -0.25) is 20.2 Å². The van der Waals surface area contributed by atoms with Crippen molar-refractivity contribution in [2.45, 2.75) is 0 Å².